The number of thiol groups is 1. The van der Waals surface area contributed by atoms with Gasteiger partial charge in [0, 0.05) is 23.6 Å². The molecule has 1 aliphatic rings. The van der Waals surface area contributed by atoms with Crippen LogP contribution in [0.4, 0.5) is 0 Å². The van der Waals surface area contributed by atoms with Crippen LogP contribution in [0.15, 0.2) is 15.8 Å². The first kappa shape index (κ1) is 13.4. The van der Waals surface area contributed by atoms with Crippen LogP contribution in [0.3, 0.4) is 0 Å². The molecule has 4 atom stereocenters. The summed E-state index contributed by atoms with van der Waals surface area (Å²) in [5.74, 6) is 0.355. The molecule has 1 saturated heterocycles. The summed E-state index contributed by atoms with van der Waals surface area (Å²) >= 11 is 4.11. The molecule has 9 heteroatoms. The minimum atomic E-state index is -1.05. The standard InChI is InChI=1S/C11H14N4O4S/c16-8-4(2-20)13-6(9(8)17)3-1-12-7-5(3)14-11(19)15-10(7)18/h1,4,6,8-9,12-13,16-17,20H,2H2,(H2,14,15,18,19)/t4-,6+,8-,9+/m1/s1. The second kappa shape index (κ2) is 4.77. The number of aliphatic hydroxyl groups excluding tert-OH is 2. The first-order chi connectivity index (χ1) is 9.52. The molecule has 0 saturated carbocycles. The minimum absolute atomic E-state index is 0.220. The molecule has 0 bridgehead atoms. The number of aliphatic hydroxyl groups is 2. The predicted molar refractivity (Wildman–Crippen MR) is 75.1 cm³/mol. The number of rotatable bonds is 2. The lowest BCUT2D eigenvalue weighted by Crippen LogP contribution is -2.34. The van der Waals surface area contributed by atoms with Crippen molar-refractivity contribution >= 4 is 23.7 Å². The van der Waals surface area contributed by atoms with Gasteiger partial charge >= 0.3 is 5.69 Å². The Morgan fingerprint density at radius 1 is 1.15 bits per heavy atom. The van der Waals surface area contributed by atoms with Crippen molar-refractivity contribution in [2.24, 2.45) is 0 Å². The molecule has 2 aromatic heterocycles. The number of nitrogens with one attached hydrogen (secondary N) is 4. The Kier molecular flexibility index (Phi) is 3.21. The molecule has 1 fully saturated rings. The Labute approximate surface area is 117 Å². The van der Waals surface area contributed by atoms with Crippen LogP contribution in [0.2, 0.25) is 0 Å². The normalized spacial score (nSPS) is 30.1. The van der Waals surface area contributed by atoms with Crippen LogP contribution in [0.1, 0.15) is 11.6 Å². The fourth-order valence-electron chi connectivity index (χ4n) is 2.61. The Hall–Kier alpha value is -1.55. The maximum atomic E-state index is 11.6. The van der Waals surface area contributed by atoms with Crippen molar-refractivity contribution in [3.63, 3.8) is 0 Å². The van der Waals surface area contributed by atoms with Crippen LogP contribution in [0.5, 0.6) is 0 Å². The number of aromatic nitrogens is 3. The number of hydrogen-bond acceptors (Lipinski definition) is 6. The van der Waals surface area contributed by atoms with Gasteiger partial charge in [-0.15, -0.1) is 0 Å². The molecule has 0 amide bonds. The van der Waals surface area contributed by atoms with Gasteiger partial charge in [-0.3, -0.25) is 9.78 Å². The smallest absolute Gasteiger partial charge is 0.326 e. The van der Waals surface area contributed by atoms with Gasteiger partial charge in [-0.1, -0.05) is 0 Å². The van der Waals surface area contributed by atoms with Crippen LogP contribution in [-0.2, 0) is 0 Å². The topological polar surface area (TPSA) is 134 Å². The highest BCUT2D eigenvalue weighted by molar-refractivity contribution is 7.80. The van der Waals surface area contributed by atoms with E-state index in [4.69, 9.17) is 0 Å². The molecule has 20 heavy (non-hydrogen) atoms. The summed E-state index contributed by atoms with van der Waals surface area (Å²) in [7, 11) is 0. The van der Waals surface area contributed by atoms with Gasteiger partial charge in [0.05, 0.1) is 17.7 Å². The SMILES string of the molecule is O=c1[nH]c(=O)c2[nH]cc([C@@H]3N[C@H](CS)[C@@H](O)[C@H]3O)c2[nH]1. The van der Waals surface area contributed by atoms with Gasteiger partial charge in [0.25, 0.3) is 5.56 Å². The Balaban J connectivity index is 2.12. The quantitative estimate of drug-likeness (QED) is 0.329. The zero-order chi connectivity index (χ0) is 14.4. The van der Waals surface area contributed by atoms with E-state index in [0.717, 1.165) is 0 Å². The Morgan fingerprint density at radius 2 is 1.90 bits per heavy atom. The first-order valence-electron chi connectivity index (χ1n) is 6.09. The number of aromatic amines is 3. The molecule has 0 spiro atoms. The lowest BCUT2D eigenvalue weighted by Gasteiger charge is -2.14. The van der Waals surface area contributed by atoms with Crippen molar-refractivity contribution in [1.29, 1.82) is 0 Å². The lowest BCUT2D eigenvalue weighted by molar-refractivity contribution is 0.0308. The maximum Gasteiger partial charge on any atom is 0.326 e. The monoisotopic (exact) mass is 298 g/mol. The molecule has 3 heterocycles. The molecule has 0 aliphatic carbocycles. The summed E-state index contributed by atoms with van der Waals surface area (Å²) in [6.07, 6.45) is -0.477. The summed E-state index contributed by atoms with van der Waals surface area (Å²) in [5.41, 5.74) is -0.0883. The van der Waals surface area contributed by atoms with Gasteiger partial charge in [-0.05, 0) is 0 Å². The predicted octanol–water partition coefficient (Wildman–Crippen LogP) is -1.79. The molecule has 6 N–H and O–H groups in total. The fourth-order valence-corrected chi connectivity index (χ4v) is 2.93. The molecule has 0 aromatic carbocycles. The van der Waals surface area contributed by atoms with E-state index in [1.807, 2.05) is 0 Å². The molecule has 1 aliphatic heterocycles. The van der Waals surface area contributed by atoms with E-state index in [1.165, 1.54) is 6.20 Å². The third-order valence-corrected chi connectivity index (χ3v) is 4.03. The van der Waals surface area contributed by atoms with Crippen LogP contribution in [0.25, 0.3) is 11.0 Å². The van der Waals surface area contributed by atoms with Crippen molar-refractivity contribution in [3.8, 4) is 0 Å². The van der Waals surface area contributed by atoms with E-state index in [0.29, 0.717) is 16.8 Å². The van der Waals surface area contributed by atoms with Crippen molar-refractivity contribution in [1.82, 2.24) is 20.3 Å². The molecule has 108 valence electrons. The zero-order valence-corrected chi connectivity index (χ0v) is 11.1. The van der Waals surface area contributed by atoms with Crippen molar-refractivity contribution in [2.45, 2.75) is 24.3 Å². The zero-order valence-electron chi connectivity index (χ0n) is 10.3. The lowest BCUT2D eigenvalue weighted by atomic mass is 10.0. The third-order valence-electron chi connectivity index (χ3n) is 3.63. The highest BCUT2D eigenvalue weighted by Crippen LogP contribution is 2.30. The van der Waals surface area contributed by atoms with E-state index in [1.54, 1.807) is 0 Å². The highest BCUT2D eigenvalue weighted by Gasteiger charge is 2.42. The third kappa shape index (κ3) is 1.90. The summed E-state index contributed by atoms with van der Waals surface area (Å²) in [6, 6.07) is -0.953. The Morgan fingerprint density at radius 3 is 2.55 bits per heavy atom. The minimum Gasteiger partial charge on any atom is -0.389 e. The van der Waals surface area contributed by atoms with Crippen molar-refractivity contribution in [3.05, 3.63) is 32.6 Å². The number of fused-ring (bicyclic) bond motifs is 1. The van der Waals surface area contributed by atoms with Gasteiger partial charge in [0.2, 0.25) is 0 Å². The van der Waals surface area contributed by atoms with Crippen molar-refractivity contribution in [2.75, 3.05) is 5.75 Å². The summed E-state index contributed by atoms with van der Waals surface area (Å²) in [5, 5.41) is 23.0. The van der Waals surface area contributed by atoms with Gasteiger partial charge in [0.1, 0.15) is 11.6 Å². The van der Waals surface area contributed by atoms with Crippen LogP contribution in [-0.4, -0.2) is 49.2 Å². The van der Waals surface area contributed by atoms with Gasteiger partial charge in [0.15, 0.2) is 0 Å². The van der Waals surface area contributed by atoms with E-state index in [-0.39, 0.29) is 11.6 Å². The summed E-state index contributed by atoms with van der Waals surface area (Å²) in [4.78, 5) is 30.4. The molecular formula is C11H14N4O4S. The number of H-pyrrole nitrogens is 3. The second-order valence-corrected chi connectivity index (χ2v) is 5.18. The summed E-state index contributed by atoms with van der Waals surface area (Å²) in [6.45, 7) is 0. The molecular weight excluding hydrogens is 284 g/mol. The van der Waals surface area contributed by atoms with E-state index >= 15 is 0 Å². The second-order valence-electron chi connectivity index (χ2n) is 4.82. The Bertz CT molecular complexity index is 751. The van der Waals surface area contributed by atoms with Crippen LogP contribution < -0.4 is 16.6 Å². The highest BCUT2D eigenvalue weighted by atomic mass is 32.1. The molecule has 2 aromatic rings. The van der Waals surface area contributed by atoms with E-state index < -0.39 is 29.5 Å². The molecule has 0 radical (unpaired) electrons. The molecule has 3 rings (SSSR count). The van der Waals surface area contributed by atoms with Gasteiger partial charge < -0.3 is 25.5 Å². The van der Waals surface area contributed by atoms with Gasteiger partial charge in [-0.25, -0.2) is 4.79 Å². The van der Waals surface area contributed by atoms with Crippen LogP contribution >= 0.6 is 12.6 Å². The van der Waals surface area contributed by atoms with Crippen LogP contribution in [0, 0.1) is 0 Å². The van der Waals surface area contributed by atoms with E-state index in [2.05, 4.69) is 32.9 Å². The van der Waals surface area contributed by atoms with Crippen molar-refractivity contribution < 1.29 is 10.2 Å². The average molecular weight is 298 g/mol. The molecule has 0 unspecified atom stereocenters. The largest absolute Gasteiger partial charge is 0.389 e. The van der Waals surface area contributed by atoms with Gasteiger partial charge in [-0.2, -0.15) is 12.6 Å². The maximum absolute atomic E-state index is 11.6. The fraction of sp³-hybridized carbons (Fsp3) is 0.455. The summed E-state index contributed by atoms with van der Waals surface area (Å²) < 4.78 is 0. The van der Waals surface area contributed by atoms with E-state index in [9.17, 15) is 19.8 Å². The molecule has 8 nitrogen and oxygen atoms in total. The average Bonchev–Trinajstić information content (AvgIpc) is 2.93. The number of hydrogen-bond donors (Lipinski definition) is 7. The first-order valence-corrected chi connectivity index (χ1v) is 6.72.